The number of rotatable bonds is 4. The summed E-state index contributed by atoms with van der Waals surface area (Å²) in [7, 11) is -3.77. The van der Waals surface area contributed by atoms with E-state index in [0.717, 1.165) is 16.7 Å². The molecule has 126 valence electrons. The van der Waals surface area contributed by atoms with Crippen LogP contribution >= 0.6 is 0 Å². The van der Waals surface area contributed by atoms with Crippen molar-refractivity contribution >= 4 is 16.0 Å². The maximum Gasteiger partial charge on any atom is 0.243 e. The summed E-state index contributed by atoms with van der Waals surface area (Å²) < 4.78 is 27.3. The average molecular weight is 344 g/mol. The molecular weight excluding hydrogens is 326 g/mol. The van der Waals surface area contributed by atoms with E-state index in [9.17, 15) is 18.3 Å². The average Bonchev–Trinajstić information content (AvgIpc) is 2.55. The molecule has 24 heavy (non-hydrogen) atoms. The Morgan fingerprint density at radius 3 is 2.50 bits per heavy atom. The Kier molecular flexibility index (Phi) is 4.43. The third kappa shape index (κ3) is 3.07. The Bertz CT molecular complexity index is 859. The summed E-state index contributed by atoms with van der Waals surface area (Å²) in [6, 6.07) is 13.2. The lowest BCUT2D eigenvalue weighted by molar-refractivity contribution is -0.306. The molecule has 1 heterocycles. The summed E-state index contributed by atoms with van der Waals surface area (Å²) in [6.07, 6.45) is 0.201. The van der Waals surface area contributed by atoms with Crippen LogP contribution in [-0.2, 0) is 21.2 Å². The van der Waals surface area contributed by atoms with Crippen LogP contribution in [0.15, 0.2) is 53.4 Å². The predicted octanol–water partition coefficient (Wildman–Crippen LogP) is 1.42. The van der Waals surface area contributed by atoms with Gasteiger partial charge in [-0.15, -0.1) is 0 Å². The lowest BCUT2D eigenvalue weighted by Gasteiger charge is -2.36. The van der Waals surface area contributed by atoms with Crippen molar-refractivity contribution in [3.8, 4) is 0 Å². The first kappa shape index (κ1) is 16.7. The second-order valence-electron chi connectivity index (χ2n) is 5.97. The normalized spacial score (nSPS) is 18.1. The van der Waals surface area contributed by atoms with Crippen molar-refractivity contribution in [1.29, 1.82) is 0 Å². The Hall–Kier alpha value is -2.18. The van der Waals surface area contributed by atoms with E-state index in [-0.39, 0.29) is 17.9 Å². The highest BCUT2D eigenvalue weighted by Crippen LogP contribution is 2.36. The van der Waals surface area contributed by atoms with Crippen LogP contribution in [0.25, 0.3) is 0 Å². The molecular formula is C18H18NO4S-. The fourth-order valence-electron chi connectivity index (χ4n) is 3.13. The van der Waals surface area contributed by atoms with Crippen molar-refractivity contribution in [1.82, 2.24) is 4.31 Å². The van der Waals surface area contributed by atoms with Gasteiger partial charge >= 0.3 is 0 Å². The molecule has 0 unspecified atom stereocenters. The van der Waals surface area contributed by atoms with Crippen LogP contribution < -0.4 is 5.11 Å². The molecule has 0 radical (unpaired) electrons. The molecule has 1 aliphatic rings. The van der Waals surface area contributed by atoms with E-state index in [1.807, 2.05) is 19.1 Å². The van der Waals surface area contributed by atoms with Gasteiger partial charge in [-0.05, 0) is 36.6 Å². The van der Waals surface area contributed by atoms with Crippen LogP contribution in [0.2, 0.25) is 0 Å². The lowest BCUT2D eigenvalue weighted by atomic mass is 9.92. The monoisotopic (exact) mass is 344 g/mol. The van der Waals surface area contributed by atoms with Gasteiger partial charge in [0.1, 0.15) is 0 Å². The zero-order chi connectivity index (χ0) is 17.3. The number of sulfonamides is 1. The van der Waals surface area contributed by atoms with E-state index >= 15 is 0 Å². The number of aliphatic carboxylic acids is 1. The number of fused-ring (bicyclic) bond motifs is 1. The Labute approximate surface area is 141 Å². The van der Waals surface area contributed by atoms with Crippen molar-refractivity contribution in [2.45, 2.75) is 30.7 Å². The molecule has 0 N–H and O–H groups in total. The van der Waals surface area contributed by atoms with E-state index in [4.69, 9.17) is 0 Å². The van der Waals surface area contributed by atoms with E-state index in [2.05, 4.69) is 0 Å². The van der Waals surface area contributed by atoms with Gasteiger partial charge in [0.15, 0.2) is 0 Å². The Balaban J connectivity index is 2.05. The fraction of sp³-hybridized carbons (Fsp3) is 0.278. The number of benzene rings is 2. The molecule has 6 heteroatoms. The molecule has 2 aromatic carbocycles. The van der Waals surface area contributed by atoms with Crippen LogP contribution in [-0.4, -0.2) is 25.2 Å². The molecule has 0 fully saturated rings. The largest absolute Gasteiger partial charge is 0.550 e. The first-order chi connectivity index (χ1) is 11.4. The van der Waals surface area contributed by atoms with Gasteiger partial charge in [0.05, 0.1) is 10.9 Å². The number of aryl methyl sites for hydroxylation is 1. The summed E-state index contributed by atoms with van der Waals surface area (Å²) in [6.45, 7) is 2.14. The molecule has 0 aliphatic carbocycles. The number of carboxylic acid groups (broad SMARTS) is 1. The standard InChI is InChI=1S/C18H19NO4S/c1-13-6-8-15(9-7-13)24(22,23)19-11-10-14-4-2-3-5-16(14)17(19)12-18(20)21/h2-9,17H,10-12H2,1H3,(H,20,21)/p-1/t17-/m1/s1. The summed E-state index contributed by atoms with van der Waals surface area (Å²) in [5, 5.41) is 11.2. The van der Waals surface area contributed by atoms with Crippen LogP contribution in [0.1, 0.15) is 29.2 Å². The number of carbonyl (C=O) groups is 1. The zero-order valence-corrected chi connectivity index (χ0v) is 14.1. The van der Waals surface area contributed by atoms with Crippen LogP contribution in [0.3, 0.4) is 0 Å². The number of hydrogen-bond acceptors (Lipinski definition) is 4. The van der Waals surface area contributed by atoms with Crippen molar-refractivity contribution < 1.29 is 18.3 Å². The third-order valence-corrected chi connectivity index (χ3v) is 6.27. The molecule has 0 amide bonds. The minimum atomic E-state index is -3.77. The third-order valence-electron chi connectivity index (χ3n) is 4.35. The fourth-order valence-corrected chi connectivity index (χ4v) is 4.74. The second kappa shape index (κ2) is 6.37. The maximum absolute atomic E-state index is 13.0. The van der Waals surface area contributed by atoms with Gasteiger partial charge < -0.3 is 9.90 Å². The van der Waals surface area contributed by atoms with Crippen LogP contribution in [0.5, 0.6) is 0 Å². The number of carbonyl (C=O) groups excluding carboxylic acids is 1. The van der Waals surface area contributed by atoms with E-state index in [1.54, 1.807) is 36.4 Å². The topological polar surface area (TPSA) is 77.5 Å². The lowest BCUT2D eigenvalue weighted by Crippen LogP contribution is -2.42. The van der Waals surface area contributed by atoms with Gasteiger partial charge in [-0.2, -0.15) is 4.31 Å². The summed E-state index contributed by atoms with van der Waals surface area (Å²) in [5.41, 5.74) is 2.69. The number of hydrogen-bond donors (Lipinski definition) is 0. The first-order valence-electron chi connectivity index (χ1n) is 7.76. The van der Waals surface area contributed by atoms with Crippen molar-refractivity contribution in [3.05, 3.63) is 65.2 Å². The molecule has 0 spiro atoms. The molecule has 5 nitrogen and oxygen atoms in total. The minimum absolute atomic E-state index is 0.177. The van der Waals surface area contributed by atoms with Gasteiger partial charge in [0.2, 0.25) is 10.0 Å². The Morgan fingerprint density at radius 2 is 1.83 bits per heavy atom. The van der Waals surface area contributed by atoms with Gasteiger partial charge in [-0.25, -0.2) is 8.42 Å². The molecule has 2 aromatic rings. The maximum atomic E-state index is 13.0. The van der Waals surface area contributed by atoms with Crippen molar-refractivity contribution in [2.75, 3.05) is 6.54 Å². The van der Waals surface area contributed by atoms with Crippen molar-refractivity contribution in [2.24, 2.45) is 0 Å². The van der Waals surface area contributed by atoms with Gasteiger partial charge in [-0.1, -0.05) is 42.0 Å². The van der Waals surface area contributed by atoms with Crippen LogP contribution in [0, 0.1) is 6.92 Å². The molecule has 1 aliphatic heterocycles. The summed E-state index contributed by atoms with van der Waals surface area (Å²) in [5.74, 6) is -1.26. The van der Waals surface area contributed by atoms with Crippen molar-refractivity contribution in [3.63, 3.8) is 0 Å². The second-order valence-corrected chi connectivity index (χ2v) is 7.86. The molecule has 3 rings (SSSR count). The molecule has 1 atom stereocenters. The zero-order valence-electron chi connectivity index (χ0n) is 13.3. The quantitative estimate of drug-likeness (QED) is 0.840. The summed E-state index contributed by atoms with van der Waals surface area (Å²) in [4.78, 5) is 11.4. The molecule has 0 aromatic heterocycles. The highest BCUT2D eigenvalue weighted by atomic mass is 32.2. The van der Waals surface area contributed by atoms with Crippen LogP contribution in [0.4, 0.5) is 0 Å². The van der Waals surface area contributed by atoms with E-state index in [0.29, 0.717) is 6.42 Å². The van der Waals surface area contributed by atoms with E-state index < -0.39 is 22.0 Å². The Morgan fingerprint density at radius 1 is 1.17 bits per heavy atom. The molecule has 0 saturated carbocycles. The smallest absolute Gasteiger partial charge is 0.243 e. The number of nitrogens with zero attached hydrogens (tertiary/aromatic N) is 1. The van der Waals surface area contributed by atoms with Gasteiger partial charge in [0, 0.05) is 18.9 Å². The molecule has 0 saturated heterocycles. The van der Waals surface area contributed by atoms with Gasteiger partial charge in [0.25, 0.3) is 0 Å². The summed E-state index contributed by atoms with van der Waals surface area (Å²) >= 11 is 0. The van der Waals surface area contributed by atoms with Gasteiger partial charge in [-0.3, -0.25) is 0 Å². The SMILES string of the molecule is Cc1ccc(S(=O)(=O)N2CCc3ccccc3[C@H]2CC(=O)[O-])cc1. The molecule has 0 bridgehead atoms. The van der Waals surface area contributed by atoms with E-state index in [1.165, 1.54) is 4.31 Å². The predicted molar refractivity (Wildman–Crippen MR) is 87.6 cm³/mol. The minimum Gasteiger partial charge on any atom is -0.550 e. The highest BCUT2D eigenvalue weighted by molar-refractivity contribution is 7.89. The number of carboxylic acids is 1. The highest BCUT2D eigenvalue weighted by Gasteiger charge is 2.36. The first-order valence-corrected chi connectivity index (χ1v) is 9.20.